The van der Waals surface area contributed by atoms with E-state index in [0.29, 0.717) is 12.5 Å². The van der Waals surface area contributed by atoms with E-state index >= 15 is 0 Å². The standard InChI is InChI=1S/C19H23NO2/c1-20-11-5-8-17-16-7-4-3-6-14(16)13-22-19-10-9-15(21-2)12-18(17)19/h3-4,6-7,9-10,12,17,20H,5,8,11,13H2,1-2H3. The van der Waals surface area contributed by atoms with Crippen molar-refractivity contribution in [3.8, 4) is 11.5 Å². The van der Waals surface area contributed by atoms with E-state index in [9.17, 15) is 0 Å². The van der Waals surface area contributed by atoms with Gasteiger partial charge in [-0.1, -0.05) is 24.3 Å². The SMILES string of the molecule is CNCCCC1c2ccccc2COc2ccc(OC)cc21. The highest BCUT2D eigenvalue weighted by molar-refractivity contribution is 5.49. The van der Waals surface area contributed by atoms with Gasteiger partial charge in [0.25, 0.3) is 0 Å². The number of rotatable bonds is 5. The van der Waals surface area contributed by atoms with Crippen LogP contribution in [0.4, 0.5) is 0 Å². The van der Waals surface area contributed by atoms with Gasteiger partial charge >= 0.3 is 0 Å². The first-order chi connectivity index (χ1) is 10.8. The minimum absolute atomic E-state index is 0.358. The lowest BCUT2D eigenvalue weighted by Gasteiger charge is -2.19. The van der Waals surface area contributed by atoms with E-state index in [1.165, 1.54) is 16.7 Å². The molecule has 0 aliphatic carbocycles. The van der Waals surface area contributed by atoms with Crippen molar-refractivity contribution in [1.29, 1.82) is 0 Å². The molecule has 1 aliphatic heterocycles. The van der Waals surface area contributed by atoms with Gasteiger partial charge in [0.05, 0.1) is 7.11 Å². The normalized spacial score (nSPS) is 16.2. The highest BCUT2D eigenvalue weighted by atomic mass is 16.5. The number of nitrogens with one attached hydrogen (secondary N) is 1. The van der Waals surface area contributed by atoms with Gasteiger partial charge in [0.1, 0.15) is 18.1 Å². The van der Waals surface area contributed by atoms with E-state index < -0.39 is 0 Å². The maximum Gasteiger partial charge on any atom is 0.123 e. The fourth-order valence-corrected chi connectivity index (χ4v) is 3.18. The minimum atomic E-state index is 0.358. The van der Waals surface area contributed by atoms with Crippen LogP contribution >= 0.6 is 0 Å². The van der Waals surface area contributed by atoms with Crippen molar-refractivity contribution in [2.75, 3.05) is 20.7 Å². The molecule has 2 aromatic rings. The molecule has 0 radical (unpaired) electrons. The number of hydrogen-bond donors (Lipinski definition) is 1. The molecule has 1 heterocycles. The lowest BCUT2D eigenvalue weighted by Crippen LogP contribution is -2.10. The molecule has 0 bridgehead atoms. The molecule has 3 rings (SSSR count). The molecule has 0 fully saturated rings. The van der Waals surface area contributed by atoms with Crippen molar-refractivity contribution in [1.82, 2.24) is 5.32 Å². The van der Waals surface area contributed by atoms with Crippen LogP contribution in [0.3, 0.4) is 0 Å². The van der Waals surface area contributed by atoms with Gasteiger partial charge in [-0.25, -0.2) is 0 Å². The molecular formula is C19H23NO2. The Kier molecular flexibility index (Phi) is 4.64. The smallest absolute Gasteiger partial charge is 0.123 e. The molecule has 1 unspecified atom stereocenters. The Morgan fingerprint density at radius 1 is 1.18 bits per heavy atom. The number of methoxy groups -OCH3 is 1. The topological polar surface area (TPSA) is 30.5 Å². The third-order valence-electron chi connectivity index (χ3n) is 4.33. The third-order valence-corrected chi connectivity index (χ3v) is 4.33. The summed E-state index contributed by atoms with van der Waals surface area (Å²) in [5, 5.41) is 3.24. The summed E-state index contributed by atoms with van der Waals surface area (Å²) in [5.74, 6) is 2.23. The number of benzene rings is 2. The molecule has 0 saturated heterocycles. The maximum absolute atomic E-state index is 6.04. The van der Waals surface area contributed by atoms with Gasteiger partial charge in [0.2, 0.25) is 0 Å². The van der Waals surface area contributed by atoms with Crippen LogP contribution in [-0.4, -0.2) is 20.7 Å². The van der Waals surface area contributed by atoms with Crippen molar-refractivity contribution >= 4 is 0 Å². The zero-order valence-electron chi connectivity index (χ0n) is 13.3. The first-order valence-corrected chi connectivity index (χ1v) is 7.86. The van der Waals surface area contributed by atoms with Crippen molar-refractivity contribution in [3.63, 3.8) is 0 Å². The first-order valence-electron chi connectivity index (χ1n) is 7.86. The van der Waals surface area contributed by atoms with Crippen molar-refractivity contribution in [2.45, 2.75) is 25.4 Å². The van der Waals surface area contributed by atoms with Crippen molar-refractivity contribution in [2.24, 2.45) is 0 Å². The summed E-state index contributed by atoms with van der Waals surface area (Å²) in [6, 6.07) is 14.7. The van der Waals surface area contributed by atoms with Crippen LogP contribution in [0.1, 0.15) is 35.4 Å². The Morgan fingerprint density at radius 3 is 2.86 bits per heavy atom. The van der Waals surface area contributed by atoms with E-state index in [4.69, 9.17) is 9.47 Å². The summed E-state index contributed by atoms with van der Waals surface area (Å²) in [7, 11) is 3.71. The fraction of sp³-hybridized carbons (Fsp3) is 0.368. The van der Waals surface area contributed by atoms with Gasteiger partial charge in [-0.05, 0) is 55.8 Å². The fourth-order valence-electron chi connectivity index (χ4n) is 3.18. The lowest BCUT2D eigenvalue weighted by atomic mass is 9.85. The Balaban J connectivity index is 2.03. The second kappa shape index (κ2) is 6.84. The van der Waals surface area contributed by atoms with Crippen molar-refractivity contribution in [3.05, 3.63) is 59.2 Å². The molecule has 1 atom stereocenters. The second-order valence-electron chi connectivity index (χ2n) is 5.69. The largest absolute Gasteiger partial charge is 0.497 e. The zero-order chi connectivity index (χ0) is 15.4. The van der Waals surface area contributed by atoms with Gasteiger partial charge in [0.15, 0.2) is 0 Å². The number of ether oxygens (including phenoxy) is 2. The summed E-state index contributed by atoms with van der Waals surface area (Å²) >= 11 is 0. The number of hydrogen-bond acceptors (Lipinski definition) is 3. The van der Waals surface area contributed by atoms with Gasteiger partial charge in [-0.2, -0.15) is 0 Å². The third kappa shape index (κ3) is 2.95. The molecule has 116 valence electrons. The average molecular weight is 297 g/mol. The minimum Gasteiger partial charge on any atom is -0.497 e. The molecule has 1 N–H and O–H groups in total. The predicted molar refractivity (Wildman–Crippen MR) is 88.8 cm³/mol. The predicted octanol–water partition coefficient (Wildman–Crippen LogP) is 3.72. The van der Waals surface area contributed by atoms with Crippen LogP contribution in [0.25, 0.3) is 0 Å². The van der Waals surface area contributed by atoms with Gasteiger partial charge < -0.3 is 14.8 Å². The summed E-state index contributed by atoms with van der Waals surface area (Å²) < 4.78 is 11.5. The monoisotopic (exact) mass is 297 g/mol. The lowest BCUT2D eigenvalue weighted by molar-refractivity contribution is 0.306. The highest BCUT2D eigenvalue weighted by Gasteiger charge is 2.24. The molecule has 0 aromatic heterocycles. The van der Waals surface area contributed by atoms with Crippen LogP contribution in [0.2, 0.25) is 0 Å². The Morgan fingerprint density at radius 2 is 2.05 bits per heavy atom. The van der Waals surface area contributed by atoms with E-state index in [2.05, 4.69) is 35.6 Å². The van der Waals surface area contributed by atoms with Gasteiger partial charge in [-0.15, -0.1) is 0 Å². The summed E-state index contributed by atoms with van der Waals surface area (Å²) in [5.41, 5.74) is 3.90. The van der Waals surface area contributed by atoms with Gasteiger partial charge in [0, 0.05) is 11.5 Å². The molecule has 2 aromatic carbocycles. The molecule has 0 amide bonds. The van der Waals surface area contributed by atoms with Crippen LogP contribution in [-0.2, 0) is 6.61 Å². The quantitative estimate of drug-likeness (QED) is 0.853. The second-order valence-corrected chi connectivity index (χ2v) is 5.69. The van der Waals surface area contributed by atoms with Crippen LogP contribution < -0.4 is 14.8 Å². The number of fused-ring (bicyclic) bond motifs is 2. The van der Waals surface area contributed by atoms with Gasteiger partial charge in [-0.3, -0.25) is 0 Å². The summed E-state index contributed by atoms with van der Waals surface area (Å²) in [6.07, 6.45) is 2.23. The Labute approximate surface area is 132 Å². The van der Waals surface area contributed by atoms with Crippen molar-refractivity contribution < 1.29 is 9.47 Å². The Hall–Kier alpha value is -2.00. The van der Waals surface area contributed by atoms with Crippen LogP contribution in [0, 0.1) is 0 Å². The molecule has 0 saturated carbocycles. The Bertz CT molecular complexity index is 639. The zero-order valence-corrected chi connectivity index (χ0v) is 13.3. The van der Waals surface area contributed by atoms with Crippen LogP contribution in [0.15, 0.2) is 42.5 Å². The first kappa shape index (κ1) is 14.9. The maximum atomic E-state index is 6.04. The van der Waals surface area contributed by atoms with E-state index in [0.717, 1.165) is 30.9 Å². The summed E-state index contributed by atoms with van der Waals surface area (Å²) in [4.78, 5) is 0. The van der Waals surface area contributed by atoms with E-state index in [1.54, 1.807) is 7.11 Å². The molecule has 3 heteroatoms. The molecular weight excluding hydrogens is 274 g/mol. The van der Waals surface area contributed by atoms with Crippen LogP contribution in [0.5, 0.6) is 11.5 Å². The summed E-state index contributed by atoms with van der Waals surface area (Å²) in [6.45, 7) is 1.66. The molecule has 0 spiro atoms. The molecule has 22 heavy (non-hydrogen) atoms. The molecule has 1 aliphatic rings. The highest BCUT2D eigenvalue weighted by Crippen LogP contribution is 2.41. The average Bonchev–Trinajstić information content (AvgIpc) is 2.72. The molecule has 3 nitrogen and oxygen atoms in total. The van der Waals surface area contributed by atoms with E-state index in [-0.39, 0.29) is 0 Å². The van der Waals surface area contributed by atoms with E-state index in [1.807, 2.05) is 19.2 Å².